The lowest BCUT2D eigenvalue weighted by Gasteiger charge is -2.09. The molecule has 0 amide bonds. The van der Waals surface area contributed by atoms with Crippen LogP contribution in [0.3, 0.4) is 0 Å². The molecule has 0 atom stereocenters. The first-order valence-electron chi connectivity index (χ1n) is 8.26. The van der Waals surface area contributed by atoms with Crippen molar-refractivity contribution < 1.29 is 27.2 Å². The molecule has 0 saturated heterocycles. The van der Waals surface area contributed by atoms with Crippen molar-refractivity contribution in [2.45, 2.75) is 18.3 Å². The van der Waals surface area contributed by atoms with Crippen LogP contribution in [0.4, 0.5) is 13.2 Å². The van der Waals surface area contributed by atoms with Crippen LogP contribution in [0, 0.1) is 0 Å². The van der Waals surface area contributed by atoms with Crippen LogP contribution in [0.5, 0.6) is 0 Å². The van der Waals surface area contributed by atoms with Crippen LogP contribution in [-0.4, -0.2) is 27.4 Å². The Morgan fingerprint density at radius 2 is 1.93 bits per heavy atom. The van der Waals surface area contributed by atoms with Gasteiger partial charge in [0, 0.05) is 0 Å². The van der Waals surface area contributed by atoms with Gasteiger partial charge in [-0.2, -0.15) is 13.2 Å². The molecule has 0 N–H and O–H groups in total. The number of hydrogen-bond donors (Lipinski definition) is 0. The molecule has 3 aromatic rings. The van der Waals surface area contributed by atoms with Crippen molar-refractivity contribution in [3.05, 3.63) is 66.1 Å². The molecule has 3 rings (SSSR count). The molecule has 0 saturated carbocycles. The van der Waals surface area contributed by atoms with E-state index >= 15 is 0 Å². The topological polar surface area (TPSA) is 77.6 Å². The van der Waals surface area contributed by atoms with E-state index in [1.807, 2.05) is 18.2 Å². The van der Waals surface area contributed by atoms with Gasteiger partial charge in [0.25, 0.3) is 0 Å². The summed E-state index contributed by atoms with van der Waals surface area (Å²) in [6.45, 7) is 1.67. The zero-order chi connectivity index (χ0) is 20.9. The number of alkyl halides is 3. The Kier molecular flexibility index (Phi) is 6.32. The number of aromatic nitrogens is 2. The highest BCUT2D eigenvalue weighted by molar-refractivity contribution is 7.99. The molecule has 0 fully saturated rings. The fraction of sp³-hybridized carbons (Fsp3) is 0.158. The monoisotopic (exact) mass is 421 g/mol. The number of oxime groups is 1. The molecule has 0 aliphatic rings. The van der Waals surface area contributed by atoms with Gasteiger partial charge in [-0.15, -0.1) is 0 Å². The highest BCUT2D eigenvalue weighted by Gasteiger charge is 2.34. The van der Waals surface area contributed by atoms with Crippen LogP contribution in [0.15, 0.2) is 69.5 Å². The molecule has 1 aromatic carbocycles. The van der Waals surface area contributed by atoms with Crippen LogP contribution in [-0.2, 0) is 15.8 Å². The molecule has 29 heavy (non-hydrogen) atoms. The van der Waals surface area contributed by atoms with Gasteiger partial charge in [0.2, 0.25) is 0 Å². The Bertz CT molecular complexity index is 1010. The van der Waals surface area contributed by atoms with E-state index < -0.39 is 17.8 Å². The number of rotatable bonds is 6. The molecule has 0 spiro atoms. The average molecular weight is 421 g/mol. The summed E-state index contributed by atoms with van der Waals surface area (Å²) in [6.07, 6.45) is -3.35. The van der Waals surface area contributed by atoms with Gasteiger partial charge >= 0.3 is 12.1 Å². The molecule has 10 heteroatoms. The number of benzene rings is 1. The van der Waals surface area contributed by atoms with E-state index in [4.69, 9.17) is 9.25 Å². The van der Waals surface area contributed by atoms with E-state index in [0.717, 1.165) is 11.6 Å². The first kappa shape index (κ1) is 20.6. The first-order chi connectivity index (χ1) is 13.8. The van der Waals surface area contributed by atoms with E-state index in [1.54, 1.807) is 19.1 Å². The Morgan fingerprint density at radius 1 is 1.17 bits per heavy atom. The van der Waals surface area contributed by atoms with Gasteiger partial charge in [-0.05, 0) is 30.7 Å². The third kappa shape index (κ3) is 5.67. The molecule has 0 aliphatic carbocycles. The molecule has 0 radical (unpaired) electrons. The van der Waals surface area contributed by atoms with Crippen molar-refractivity contribution in [1.82, 2.24) is 9.97 Å². The number of carbonyl (C=O) groups is 1. The van der Waals surface area contributed by atoms with Gasteiger partial charge in [0.15, 0.2) is 10.9 Å². The predicted molar refractivity (Wildman–Crippen MR) is 100 cm³/mol. The Labute approximate surface area is 167 Å². The van der Waals surface area contributed by atoms with Crippen LogP contribution >= 0.6 is 11.8 Å². The molecular formula is C19H14F3N3O3S. The summed E-state index contributed by atoms with van der Waals surface area (Å²) in [6, 6.07) is 12.9. The SMILES string of the molecule is C/C(=N\OC(=O)CSc1nc(-c2ccco2)cc(C(F)(F)F)n1)c1ccccc1. The Hall–Kier alpha value is -3.14. The number of furan rings is 1. The largest absolute Gasteiger partial charge is 0.463 e. The molecule has 0 aliphatic heterocycles. The summed E-state index contributed by atoms with van der Waals surface area (Å²) in [5.74, 6) is -0.902. The zero-order valence-electron chi connectivity index (χ0n) is 15.0. The number of thioether (sulfide) groups is 1. The van der Waals surface area contributed by atoms with E-state index in [1.165, 1.54) is 18.4 Å². The average Bonchev–Trinajstić information content (AvgIpc) is 3.25. The van der Waals surface area contributed by atoms with Gasteiger partial charge in [-0.1, -0.05) is 47.2 Å². The molecule has 0 bridgehead atoms. The summed E-state index contributed by atoms with van der Waals surface area (Å²) in [4.78, 5) is 24.2. The summed E-state index contributed by atoms with van der Waals surface area (Å²) >= 11 is 0.710. The second kappa shape index (κ2) is 8.91. The van der Waals surface area contributed by atoms with E-state index in [-0.39, 0.29) is 22.4 Å². The summed E-state index contributed by atoms with van der Waals surface area (Å²) in [5.41, 5.74) is 0.0930. The van der Waals surface area contributed by atoms with Crippen LogP contribution < -0.4 is 0 Å². The third-order valence-electron chi connectivity index (χ3n) is 3.56. The summed E-state index contributed by atoms with van der Waals surface area (Å²) in [7, 11) is 0. The molecule has 6 nitrogen and oxygen atoms in total. The van der Waals surface area contributed by atoms with Gasteiger partial charge < -0.3 is 9.25 Å². The minimum absolute atomic E-state index is 0.0360. The van der Waals surface area contributed by atoms with Crippen molar-refractivity contribution in [2.75, 3.05) is 5.75 Å². The number of carbonyl (C=O) groups excluding carboxylic acids is 1. The third-order valence-corrected chi connectivity index (χ3v) is 4.39. The van der Waals surface area contributed by atoms with Crippen molar-refractivity contribution in [2.24, 2.45) is 5.16 Å². The lowest BCUT2D eigenvalue weighted by atomic mass is 10.1. The maximum atomic E-state index is 13.1. The smallest absolute Gasteiger partial charge is 0.433 e. The lowest BCUT2D eigenvalue weighted by Crippen LogP contribution is -2.11. The number of nitrogens with zero attached hydrogens (tertiary/aromatic N) is 3. The number of hydrogen-bond acceptors (Lipinski definition) is 7. The maximum absolute atomic E-state index is 13.1. The molecular weight excluding hydrogens is 407 g/mol. The molecule has 2 heterocycles. The van der Waals surface area contributed by atoms with Crippen molar-refractivity contribution >= 4 is 23.4 Å². The van der Waals surface area contributed by atoms with E-state index in [0.29, 0.717) is 17.5 Å². The Morgan fingerprint density at radius 3 is 2.59 bits per heavy atom. The van der Waals surface area contributed by atoms with Crippen molar-refractivity contribution in [1.29, 1.82) is 0 Å². The second-order valence-electron chi connectivity index (χ2n) is 5.69. The molecule has 2 aromatic heterocycles. The van der Waals surface area contributed by atoms with E-state index in [2.05, 4.69) is 15.1 Å². The summed E-state index contributed by atoms with van der Waals surface area (Å²) < 4.78 is 44.5. The molecule has 0 unspecified atom stereocenters. The normalized spacial score (nSPS) is 12.1. The zero-order valence-corrected chi connectivity index (χ0v) is 15.8. The quantitative estimate of drug-likeness (QED) is 0.187. The fourth-order valence-corrected chi connectivity index (χ4v) is 2.81. The Balaban J connectivity index is 1.69. The van der Waals surface area contributed by atoms with Gasteiger partial charge in [0.05, 0.1) is 12.0 Å². The molecule has 150 valence electrons. The van der Waals surface area contributed by atoms with Crippen LogP contribution in [0.1, 0.15) is 18.2 Å². The van der Waals surface area contributed by atoms with Crippen molar-refractivity contribution in [3.8, 4) is 11.5 Å². The van der Waals surface area contributed by atoms with Gasteiger partial charge in [-0.25, -0.2) is 14.8 Å². The van der Waals surface area contributed by atoms with Crippen LogP contribution in [0.2, 0.25) is 0 Å². The summed E-state index contributed by atoms with van der Waals surface area (Å²) in [5, 5.41) is 3.51. The highest BCUT2D eigenvalue weighted by Crippen LogP contribution is 2.32. The minimum atomic E-state index is -4.67. The predicted octanol–water partition coefficient (Wildman–Crippen LogP) is 4.81. The standard InChI is InChI=1S/C19H14F3N3O3S/c1-12(13-6-3-2-4-7-13)25-28-17(26)11-29-18-23-14(15-8-5-9-27-15)10-16(24-18)19(20,21)22/h2-10H,11H2,1H3/b25-12+. The second-order valence-corrected chi connectivity index (χ2v) is 6.63. The van der Waals surface area contributed by atoms with Gasteiger partial charge in [0.1, 0.15) is 17.1 Å². The number of halogens is 3. The van der Waals surface area contributed by atoms with E-state index in [9.17, 15) is 18.0 Å². The highest BCUT2D eigenvalue weighted by atomic mass is 32.2. The fourth-order valence-electron chi connectivity index (χ4n) is 2.19. The van der Waals surface area contributed by atoms with Crippen molar-refractivity contribution in [3.63, 3.8) is 0 Å². The van der Waals surface area contributed by atoms with Crippen LogP contribution in [0.25, 0.3) is 11.5 Å². The van der Waals surface area contributed by atoms with Gasteiger partial charge in [-0.3, -0.25) is 0 Å². The lowest BCUT2D eigenvalue weighted by molar-refractivity contribution is -0.141. The minimum Gasteiger partial charge on any atom is -0.463 e. The maximum Gasteiger partial charge on any atom is 0.433 e. The first-order valence-corrected chi connectivity index (χ1v) is 9.24.